The van der Waals surface area contributed by atoms with Gasteiger partial charge in [0.15, 0.2) is 0 Å². The molecule has 0 aliphatic carbocycles. The quantitative estimate of drug-likeness (QED) is 0.818. The van der Waals surface area contributed by atoms with Crippen molar-refractivity contribution in [3.8, 4) is 0 Å². The van der Waals surface area contributed by atoms with Crippen LogP contribution in [0.5, 0.6) is 0 Å². The van der Waals surface area contributed by atoms with Crippen LogP contribution in [-0.4, -0.2) is 5.91 Å². The summed E-state index contributed by atoms with van der Waals surface area (Å²) >= 11 is 5.85. The summed E-state index contributed by atoms with van der Waals surface area (Å²) in [4.78, 5) is 13.9. The normalized spacial score (nSPS) is 10.2. The summed E-state index contributed by atoms with van der Waals surface area (Å²) in [5.74, 6) is -0.0499. The van der Waals surface area contributed by atoms with Crippen LogP contribution in [0.2, 0.25) is 0 Å². The summed E-state index contributed by atoms with van der Waals surface area (Å²) < 4.78 is 0. The number of thiol groups is 1. The number of carbonyl (C=O) groups excluding carboxylic acids is 1. The molecule has 0 spiro atoms. The van der Waals surface area contributed by atoms with Gasteiger partial charge in [0.2, 0.25) is 0 Å². The number of carbonyl (C=O) groups is 1. The van der Waals surface area contributed by atoms with Crippen molar-refractivity contribution in [1.82, 2.24) is 5.32 Å². The maximum absolute atomic E-state index is 11.8. The first-order valence-corrected chi connectivity index (χ1v) is 6.59. The highest BCUT2D eigenvalue weighted by molar-refractivity contribution is 7.80. The highest BCUT2D eigenvalue weighted by Crippen LogP contribution is 2.15. The second-order valence-electron chi connectivity index (χ2n) is 3.76. The van der Waals surface area contributed by atoms with Gasteiger partial charge in [-0.15, -0.1) is 24.0 Å². The Balaban J connectivity index is 1.98. The molecule has 0 aliphatic rings. The van der Waals surface area contributed by atoms with E-state index in [1.54, 1.807) is 23.5 Å². The van der Waals surface area contributed by atoms with Crippen LogP contribution >= 0.6 is 24.0 Å². The molecular weight excluding hydrogens is 250 g/mol. The van der Waals surface area contributed by atoms with Crippen molar-refractivity contribution in [2.75, 3.05) is 0 Å². The largest absolute Gasteiger partial charge is 0.347 e. The molecule has 1 aromatic heterocycles. The smallest absolute Gasteiger partial charge is 0.251 e. The molecule has 0 unspecified atom stereocenters. The minimum absolute atomic E-state index is 0.0499. The van der Waals surface area contributed by atoms with Crippen molar-refractivity contribution in [1.29, 1.82) is 0 Å². The fourth-order valence-corrected chi connectivity index (χ4v) is 2.46. The van der Waals surface area contributed by atoms with Crippen LogP contribution in [0.4, 0.5) is 0 Å². The summed E-state index contributed by atoms with van der Waals surface area (Å²) in [6.45, 7) is 2.64. The summed E-state index contributed by atoms with van der Waals surface area (Å²) in [6.07, 6.45) is 0. The van der Waals surface area contributed by atoms with Crippen molar-refractivity contribution >= 4 is 29.9 Å². The van der Waals surface area contributed by atoms with Crippen LogP contribution < -0.4 is 5.32 Å². The Morgan fingerprint density at radius 1 is 1.29 bits per heavy atom. The molecule has 0 saturated carbocycles. The Hall–Kier alpha value is -1.26. The van der Waals surface area contributed by atoms with Crippen LogP contribution in [0.25, 0.3) is 0 Å². The molecule has 0 atom stereocenters. The number of benzene rings is 1. The van der Waals surface area contributed by atoms with E-state index >= 15 is 0 Å². The zero-order chi connectivity index (χ0) is 12.3. The number of thiophene rings is 1. The first kappa shape index (κ1) is 12.2. The molecule has 88 valence electrons. The van der Waals surface area contributed by atoms with E-state index in [1.165, 1.54) is 10.4 Å². The van der Waals surface area contributed by atoms with E-state index in [4.69, 9.17) is 0 Å². The second kappa shape index (κ2) is 5.38. The molecule has 4 heteroatoms. The monoisotopic (exact) mass is 263 g/mol. The lowest BCUT2D eigenvalue weighted by Gasteiger charge is -2.04. The summed E-state index contributed by atoms with van der Waals surface area (Å²) in [6, 6.07) is 9.24. The zero-order valence-electron chi connectivity index (χ0n) is 9.43. The minimum Gasteiger partial charge on any atom is -0.347 e. The van der Waals surface area contributed by atoms with E-state index in [2.05, 4.69) is 24.0 Å². The molecule has 0 fully saturated rings. The lowest BCUT2D eigenvalue weighted by molar-refractivity contribution is 0.0951. The average Bonchev–Trinajstić information content (AvgIpc) is 2.73. The van der Waals surface area contributed by atoms with E-state index in [-0.39, 0.29) is 5.91 Å². The Morgan fingerprint density at radius 3 is 2.59 bits per heavy atom. The van der Waals surface area contributed by atoms with Gasteiger partial charge < -0.3 is 5.32 Å². The molecule has 2 rings (SSSR count). The molecule has 0 aliphatic heterocycles. The van der Waals surface area contributed by atoms with E-state index in [0.717, 1.165) is 4.90 Å². The van der Waals surface area contributed by atoms with Gasteiger partial charge in [0.1, 0.15) is 0 Å². The van der Waals surface area contributed by atoms with Crippen molar-refractivity contribution in [3.63, 3.8) is 0 Å². The van der Waals surface area contributed by atoms with Gasteiger partial charge in [-0.1, -0.05) is 0 Å². The molecule has 1 N–H and O–H groups in total. The van der Waals surface area contributed by atoms with Gasteiger partial charge in [-0.3, -0.25) is 4.79 Å². The highest BCUT2D eigenvalue weighted by Gasteiger charge is 2.06. The first-order valence-electron chi connectivity index (χ1n) is 5.27. The molecule has 2 aromatic rings. The van der Waals surface area contributed by atoms with Crippen LogP contribution in [0.3, 0.4) is 0 Å². The number of aryl methyl sites for hydroxylation is 1. The topological polar surface area (TPSA) is 29.1 Å². The molecule has 0 saturated heterocycles. The zero-order valence-corrected chi connectivity index (χ0v) is 11.1. The van der Waals surface area contributed by atoms with Crippen molar-refractivity contribution in [3.05, 3.63) is 51.7 Å². The fraction of sp³-hybridized carbons (Fsp3) is 0.154. The predicted octanol–water partition coefficient (Wildman–Crippen LogP) is 3.28. The SMILES string of the molecule is Cc1ccsc1CNC(=O)c1ccc(S)cc1. The van der Waals surface area contributed by atoms with Crippen LogP contribution in [-0.2, 0) is 6.54 Å². The molecule has 1 heterocycles. The third kappa shape index (κ3) is 3.11. The van der Waals surface area contributed by atoms with Gasteiger partial charge in [0.25, 0.3) is 5.91 Å². The second-order valence-corrected chi connectivity index (χ2v) is 5.27. The van der Waals surface area contributed by atoms with Crippen molar-refractivity contribution < 1.29 is 4.79 Å². The molecule has 1 aromatic carbocycles. The van der Waals surface area contributed by atoms with E-state index in [0.29, 0.717) is 12.1 Å². The summed E-state index contributed by atoms with van der Waals surface area (Å²) in [7, 11) is 0. The number of amides is 1. The van der Waals surface area contributed by atoms with E-state index in [1.807, 2.05) is 24.4 Å². The van der Waals surface area contributed by atoms with E-state index < -0.39 is 0 Å². The minimum atomic E-state index is -0.0499. The average molecular weight is 263 g/mol. The molecule has 1 amide bonds. The van der Waals surface area contributed by atoms with Gasteiger partial charge in [-0.2, -0.15) is 0 Å². The van der Waals surface area contributed by atoms with Crippen LogP contribution in [0.1, 0.15) is 20.8 Å². The summed E-state index contributed by atoms with van der Waals surface area (Å²) in [5.41, 5.74) is 1.89. The number of nitrogens with one attached hydrogen (secondary N) is 1. The van der Waals surface area contributed by atoms with Crippen molar-refractivity contribution in [2.45, 2.75) is 18.4 Å². The summed E-state index contributed by atoms with van der Waals surface area (Å²) in [5, 5.41) is 4.94. The molecule has 17 heavy (non-hydrogen) atoms. The van der Waals surface area contributed by atoms with Gasteiger partial charge in [-0.25, -0.2) is 0 Å². The number of hydrogen-bond donors (Lipinski definition) is 2. The van der Waals surface area contributed by atoms with Gasteiger partial charge in [-0.05, 0) is 48.2 Å². The Labute approximate surface area is 110 Å². The van der Waals surface area contributed by atoms with Gasteiger partial charge in [0, 0.05) is 15.3 Å². The molecule has 0 bridgehead atoms. The number of rotatable bonds is 3. The van der Waals surface area contributed by atoms with Crippen LogP contribution in [0, 0.1) is 6.92 Å². The molecule has 2 nitrogen and oxygen atoms in total. The standard InChI is InChI=1S/C13H13NOS2/c1-9-6-7-17-12(9)8-14-13(15)10-2-4-11(16)5-3-10/h2-7,16H,8H2,1H3,(H,14,15). The third-order valence-electron chi connectivity index (χ3n) is 2.51. The Kier molecular flexibility index (Phi) is 3.86. The lowest BCUT2D eigenvalue weighted by Crippen LogP contribution is -2.22. The Bertz CT molecular complexity index is 516. The Morgan fingerprint density at radius 2 is 2.00 bits per heavy atom. The predicted molar refractivity (Wildman–Crippen MR) is 73.9 cm³/mol. The third-order valence-corrected chi connectivity index (χ3v) is 3.83. The molecular formula is C13H13NOS2. The molecule has 0 radical (unpaired) electrons. The van der Waals surface area contributed by atoms with E-state index in [9.17, 15) is 4.79 Å². The lowest BCUT2D eigenvalue weighted by atomic mass is 10.2. The first-order chi connectivity index (χ1) is 8.16. The number of hydrogen-bond acceptors (Lipinski definition) is 3. The van der Waals surface area contributed by atoms with Crippen LogP contribution in [0.15, 0.2) is 40.6 Å². The van der Waals surface area contributed by atoms with Gasteiger partial charge >= 0.3 is 0 Å². The van der Waals surface area contributed by atoms with Gasteiger partial charge in [0.05, 0.1) is 6.54 Å². The maximum Gasteiger partial charge on any atom is 0.251 e. The highest BCUT2D eigenvalue weighted by atomic mass is 32.1. The van der Waals surface area contributed by atoms with Crippen molar-refractivity contribution in [2.24, 2.45) is 0 Å². The maximum atomic E-state index is 11.8. The fourth-order valence-electron chi connectivity index (χ4n) is 1.46.